The zero-order valence-electron chi connectivity index (χ0n) is 16.1. The van der Waals surface area contributed by atoms with Crippen molar-refractivity contribution in [1.82, 2.24) is 10.2 Å². The highest BCUT2D eigenvalue weighted by atomic mass is 32.2. The number of methoxy groups -OCH3 is 2. The molecule has 2 aromatic carbocycles. The lowest BCUT2D eigenvalue weighted by atomic mass is 10.1. The summed E-state index contributed by atoms with van der Waals surface area (Å²) in [5, 5.41) is 12.3. The van der Waals surface area contributed by atoms with Crippen LogP contribution in [0.4, 0.5) is 10.8 Å². The van der Waals surface area contributed by atoms with Crippen molar-refractivity contribution in [2.24, 2.45) is 0 Å². The number of benzene rings is 2. The first-order valence-corrected chi connectivity index (χ1v) is 10.4. The van der Waals surface area contributed by atoms with Gasteiger partial charge in [-0.05, 0) is 49.2 Å². The van der Waals surface area contributed by atoms with E-state index in [-0.39, 0.29) is 11.5 Å². The van der Waals surface area contributed by atoms with Crippen LogP contribution in [0.1, 0.15) is 21.5 Å². The zero-order chi connectivity index (χ0) is 20.1. The normalized spacial score (nSPS) is 10.6. The van der Waals surface area contributed by atoms with Gasteiger partial charge in [0.1, 0.15) is 11.5 Å². The van der Waals surface area contributed by atoms with Crippen molar-refractivity contribution in [3.8, 4) is 11.5 Å². The average Bonchev–Trinajstić information content (AvgIpc) is 3.16. The van der Waals surface area contributed by atoms with Crippen LogP contribution in [0.3, 0.4) is 0 Å². The fraction of sp³-hybridized carbons (Fsp3) is 0.250. The molecule has 8 heteroatoms. The molecule has 1 aromatic heterocycles. The maximum Gasteiger partial charge on any atom is 0.210 e. The van der Waals surface area contributed by atoms with Crippen LogP contribution in [0, 0.1) is 13.8 Å². The van der Waals surface area contributed by atoms with Crippen LogP contribution in [-0.4, -0.2) is 36.0 Å². The largest absolute Gasteiger partial charge is 0.497 e. The number of nitrogens with one attached hydrogen (secondary N) is 1. The molecule has 0 aliphatic carbocycles. The molecule has 0 amide bonds. The van der Waals surface area contributed by atoms with E-state index in [0.717, 1.165) is 10.0 Å². The minimum Gasteiger partial charge on any atom is -0.497 e. The smallest absolute Gasteiger partial charge is 0.210 e. The third-order valence-electron chi connectivity index (χ3n) is 4.29. The first-order valence-electron chi connectivity index (χ1n) is 8.56. The molecule has 0 aliphatic heterocycles. The van der Waals surface area contributed by atoms with Gasteiger partial charge in [-0.25, -0.2) is 0 Å². The summed E-state index contributed by atoms with van der Waals surface area (Å²) in [6, 6.07) is 11.3. The van der Waals surface area contributed by atoms with Gasteiger partial charge in [0.15, 0.2) is 10.1 Å². The molecule has 0 aliphatic rings. The highest BCUT2D eigenvalue weighted by Crippen LogP contribution is 2.31. The SMILES string of the molecule is COc1ccc(OC)c(C(=O)CSc2nnc(Nc3cccc(C)c3C)s2)c1. The Morgan fingerprint density at radius 1 is 1.14 bits per heavy atom. The lowest BCUT2D eigenvalue weighted by Crippen LogP contribution is -2.05. The number of carbonyl (C=O) groups excluding carboxylic acids is 1. The average molecular weight is 416 g/mol. The summed E-state index contributed by atoms with van der Waals surface area (Å²) in [5.41, 5.74) is 3.88. The monoisotopic (exact) mass is 415 g/mol. The van der Waals surface area contributed by atoms with Crippen molar-refractivity contribution < 1.29 is 14.3 Å². The van der Waals surface area contributed by atoms with Crippen molar-refractivity contribution in [3.05, 3.63) is 53.1 Å². The van der Waals surface area contributed by atoms with Crippen LogP contribution in [0.25, 0.3) is 0 Å². The first-order chi connectivity index (χ1) is 13.5. The predicted octanol–water partition coefficient (Wildman–Crippen LogP) is 4.89. The van der Waals surface area contributed by atoms with E-state index >= 15 is 0 Å². The maximum atomic E-state index is 12.6. The third kappa shape index (κ3) is 4.63. The number of aromatic nitrogens is 2. The molecule has 0 radical (unpaired) electrons. The number of anilines is 2. The molecule has 1 N–H and O–H groups in total. The fourth-order valence-corrected chi connectivity index (χ4v) is 4.20. The molecular formula is C20H21N3O3S2. The number of ether oxygens (including phenoxy) is 2. The summed E-state index contributed by atoms with van der Waals surface area (Å²) in [4.78, 5) is 12.6. The number of nitrogens with zero attached hydrogens (tertiary/aromatic N) is 2. The van der Waals surface area contributed by atoms with Crippen LogP contribution in [0.2, 0.25) is 0 Å². The molecule has 0 spiro atoms. The number of rotatable bonds is 8. The van der Waals surface area contributed by atoms with Gasteiger partial charge in [0, 0.05) is 5.69 Å². The summed E-state index contributed by atoms with van der Waals surface area (Å²) < 4.78 is 11.2. The molecule has 0 saturated heterocycles. The standard InChI is InChI=1S/C20H21N3O3S2/c1-12-6-5-7-16(13(12)2)21-19-22-23-20(28-19)27-11-17(24)15-10-14(25-3)8-9-18(15)26-4/h5-10H,11H2,1-4H3,(H,21,22). The molecular weight excluding hydrogens is 394 g/mol. The second-order valence-electron chi connectivity index (χ2n) is 6.02. The predicted molar refractivity (Wildman–Crippen MR) is 114 cm³/mol. The lowest BCUT2D eigenvalue weighted by Gasteiger charge is -2.09. The van der Waals surface area contributed by atoms with E-state index in [1.165, 1.54) is 34.2 Å². The van der Waals surface area contributed by atoms with Crippen LogP contribution in [0.5, 0.6) is 11.5 Å². The summed E-state index contributed by atoms with van der Waals surface area (Å²) in [7, 11) is 3.11. The van der Waals surface area contributed by atoms with Gasteiger partial charge >= 0.3 is 0 Å². The minimum atomic E-state index is -0.0556. The molecule has 0 saturated carbocycles. The summed E-state index contributed by atoms with van der Waals surface area (Å²) in [6.07, 6.45) is 0. The maximum absolute atomic E-state index is 12.6. The van der Waals surface area contributed by atoms with E-state index in [1.54, 1.807) is 32.4 Å². The van der Waals surface area contributed by atoms with E-state index in [0.29, 0.717) is 22.2 Å². The Bertz CT molecular complexity index is 989. The molecule has 3 rings (SSSR count). The minimum absolute atomic E-state index is 0.0556. The van der Waals surface area contributed by atoms with Crippen molar-refractivity contribution in [2.75, 3.05) is 25.3 Å². The van der Waals surface area contributed by atoms with Gasteiger partial charge < -0.3 is 14.8 Å². The number of thioether (sulfide) groups is 1. The molecule has 0 fully saturated rings. The summed E-state index contributed by atoms with van der Waals surface area (Å²) >= 11 is 2.77. The zero-order valence-corrected chi connectivity index (χ0v) is 17.7. The van der Waals surface area contributed by atoms with E-state index in [4.69, 9.17) is 9.47 Å². The van der Waals surface area contributed by atoms with Crippen LogP contribution < -0.4 is 14.8 Å². The molecule has 3 aromatic rings. The summed E-state index contributed by atoms with van der Waals surface area (Å²) in [6.45, 7) is 4.13. The Morgan fingerprint density at radius 3 is 2.71 bits per heavy atom. The molecule has 28 heavy (non-hydrogen) atoms. The quantitative estimate of drug-likeness (QED) is 0.415. The Labute approximate surface area is 172 Å². The fourth-order valence-electron chi connectivity index (χ4n) is 2.56. The summed E-state index contributed by atoms with van der Waals surface area (Å²) in [5.74, 6) is 1.33. The van der Waals surface area contributed by atoms with Crippen molar-refractivity contribution in [1.29, 1.82) is 0 Å². The van der Waals surface area contributed by atoms with Gasteiger partial charge in [0.25, 0.3) is 0 Å². The van der Waals surface area contributed by atoms with Crippen molar-refractivity contribution in [2.45, 2.75) is 18.2 Å². The van der Waals surface area contributed by atoms with Gasteiger partial charge in [0.2, 0.25) is 5.13 Å². The molecule has 6 nitrogen and oxygen atoms in total. The van der Waals surface area contributed by atoms with Gasteiger partial charge in [-0.1, -0.05) is 35.2 Å². The Kier molecular flexibility index (Phi) is 6.53. The first kappa shape index (κ1) is 20.2. The van der Waals surface area contributed by atoms with Gasteiger partial charge in [-0.3, -0.25) is 4.79 Å². The second kappa shape index (κ2) is 9.07. The van der Waals surface area contributed by atoms with Crippen LogP contribution in [0.15, 0.2) is 40.7 Å². The van der Waals surface area contributed by atoms with Gasteiger partial charge in [-0.2, -0.15) is 0 Å². The van der Waals surface area contributed by atoms with E-state index in [2.05, 4.69) is 35.4 Å². The number of Topliss-reactive ketones (excluding diaryl/α,β-unsaturated/α-hetero) is 1. The van der Waals surface area contributed by atoms with Crippen molar-refractivity contribution in [3.63, 3.8) is 0 Å². The number of carbonyl (C=O) groups is 1. The highest BCUT2D eigenvalue weighted by Gasteiger charge is 2.16. The Balaban J connectivity index is 1.66. The third-order valence-corrected chi connectivity index (χ3v) is 6.26. The second-order valence-corrected chi connectivity index (χ2v) is 8.22. The lowest BCUT2D eigenvalue weighted by molar-refractivity contribution is 0.101. The van der Waals surface area contributed by atoms with Crippen LogP contribution >= 0.6 is 23.1 Å². The highest BCUT2D eigenvalue weighted by molar-refractivity contribution is 8.01. The van der Waals surface area contributed by atoms with E-state index in [1.807, 2.05) is 12.1 Å². The number of ketones is 1. The van der Waals surface area contributed by atoms with E-state index in [9.17, 15) is 4.79 Å². The molecule has 146 valence electrons. The van der Waals surface area contributed by atoms with Crippen molar-refractivity contribution >= 4 is 39.7 Å². The number of hydrogen-bond acceptors (Lipinski definition) is 8. The van der Waals surface area contributed by atoms with Gasteiger partial charge in [0.05, 0.1) is 25.5 Å². The number of hydrogen-bond donors (Lipinski definition) is 1. The molecule has 0 bridgehead atoms. The number of aryl methyl sites for hydroxylation is 1. The Hall–Kier alpha value is -2.58. The van der Waals surface area contributed by atoms with E-state index < -0.39 is 0 Å². The molecule has 0 atom stereocenters. The molecule has 0 unspecified atom stereocenters. The Morgan fingerprint density at radius 2 is 1.96 bits per heavy atom. The van der Waals surface area contributed by atoms with Gasteiger partial charge in [-0.15, -0.1) is 10.2 Å². The molecule has 1 heterocycles. The topological polar surface area (TPSA) is 73.3 Å². The van der Waals surface area contributed by atoms with Crippen LogP contribution in [-0.2, 0) is 0 Å².